The summed E-state index contributed by atoms with van der Waals surface area (Å²) in [6, 6.07) is 12.9. The van der Waals surface area contributed by atoms with Crippen LogP contribution in [0.4, 0.5) is 5.69 Å². The van der Waals surface area contributed by atoms with Crippen molar-refractivity contribution in [2.45, 2.75) is 16.7 Å². The molecule has 0 aromatic heterocycles. The highest BCUT2D eigenvalue weighted by Crippen LogP contribution is 2.32. The number of aromatic carboxylic acids is 1. The Balaban J connectivity index is 2.24. The van der Waals surface area contributed by atoms with Gasteiger partial charge in [-0.1, -0.05) is 29.5 Å². The molecular formula is C14H13NO2S. The van der Waals surface area contributed by atoms with Crippen LogP contribution in [0.5, 0.6) is 0 Å². The van der Waals surface area contributed by atoms with E-state index in [1.165, 1.54) is 23.4 Å². The first-order chi connectivity index (χ1) is 8.56. The lowest BCUT2D eigenvalue weighted by atomic mass is 10.2. The zero-order valence-corrected chi connectivity index (χ0v) is 10.7. The molecule has 2 rings (SSSR count). The Morgan fingerprint density at radius 2 is 1.83 bits per heavy atom. The third-order valence-corrected chi connectivity index (χ3v) is 3.61. The summed E-state index contributed by atoms with van der Waals surface area (Å²) in [5.41, 5.74) is 7.75. The van der Waals surface area contributed by atoms with Crippen molar-refractivity contribution in [1.82, 2.24) is 0 Å². The van der Waals surface area contributed by atoms with E-state index in [0.29, 0.717) is 5.69 Å². The second-order valence-electron chi connectivity index (χ2n) is 3.97. The molecule has 0 bridgehead atoms. The van der Waals surface area contributed by atoms with Crippen molar-refractivity contribution in [3.8, 4) is 0 Å². The number of nitrogen functional groups attached to an aromatic ring is 1. The molecule has 0 spiro atoms. The predicted molar refractivity (Wildman–Crippen MR) is 73.1 cm³/mol. The summed E-state index contributed by atoms with van der Waals surface area (Å²) >= 11 is 1.53. The van der Waals surface area contributed by atoms with E-state index in [2.05, 4.69) is 0 Å². The van der Waals surface area contributed by atoms with E-state index in [4.69, 9.17) is 10.8 Å². The van der Waals surface area contributed by atoms with Crippen LogP contribution in [0.3, 0.4) is 0 Å². The normalized spacial score (nSPS) is 10.3. The standard InChI is InChI=1S/C14H13NO2S/c1-9-2-5-11(6-3-9)18-13-7-4-10(14(16)17)8-12(13)15/h2-8H,15H2,1H3,(H,16,17). The fourth-order valence-electron chi connectivity index (χ4n) is 1.51. The van der Waals surface area contributed by atoms with Crippen LogP contribution in [-0.2, 0) is 0 Å². The van der Waals surface area contributed by atoms with Crippen molar-refractivity contribution in [2.24, 2.45) is 0 Å². The minimum Gasteiger partial charge on any atom is -0.478 e. The highest BCUT2D eigenvalue weighted by molar-refractivity contribution is 7.99. The van der Waals surface area contributed by atoms with Gasteiger partial charge in [-0.25, -0.2) is 4.79 Å². The third kappa shape index (κ3) is 2.84. The number of hydrogen-bond acceptors (Lipinski definition) is 3. The van der Waals surface area contributed by atoms with Crippen molar-refractivity contribution < 1.29 is 9.90 Å². The monoisotopic (exact) mass is 259 g/mol. The topological polar surface area (TPSA) is 63.3 Å². The summed E-state index contributed by atoms with van der Waals surface area (Å²) in [6.07, 6.45) is 0. The Hall–Kier alpha value is -1.94. The summed E-state index contributed by atoms with van der Waals surface area (Å²) in [7, 11) is 0. The summed E-state index contributed by atoms with van der Waals surface area (Å²) in [4.78, 5) is 12.7. The van der Waals surface area contributed by atoms with Crippen molar-refractivity contribution >= 4 is 23.4 Å². The Kier molecular flexibility index (Phi) is 3.58. The van der Waals surface area contributed by atoms with Gasteiger partial charge in [0.2, 0.25) is 0 Å². The maximum absolute atomic E-state index is 10.8. The lowest BCUT2D eigenvalue weighted by molar-refractivity contribution is 0.0697. The highest BCUT2D eigenvalue weighted by Gasteiger charge is 2.07. The first-order valence-electron chi connectivity index (χ1n) is 5.43. The van der Waals surface area contributed by atoms with Gasteiger partial charge in [-0.3, -0.25) is 0 Å². The van der Waals surface area contributed by atoms with Crippen LogP contribution in [0.1, 0.15) is 15.9 Å². The largest absolute Gasteiger partial charge is 0.478 e. The molecule has 0 fully saturated rings. The van der Waals surface area contributed by atoms with Gasteiger partial charge < -0.3 is 10.8 Å². The van der Waals surface area contributed by atoms with Gasteiger partial charge in [0.15, 0.2) is 0 Å². The van der Waals surface area contributed by atoms with Gasteiger partial charge in [0.1, 0.15) is 0 Å². The molecule has 0 aliphatic carbocycles. The van der Waals surface area contributed by atoms with Crippen LogP contribution in [0, 0.1) is 6.92 Å². The van der Waals surface area contributed by atoms with Crippen LogP contribution in [0.25, 0.3) is 0 Å². The number of benzene rings is 2. The molecule has 92 valence electrons. The number of aryl methyl sites for hydroxylation is 1. The molecule has 0 amide bonds. The summed E-state index contributed by atoms with van der Waals surface area (Å²) in [5.74, 6) is -0.964. The van der Waals surface area contributed by atoms with Gasteiger partial charge in [-0.15, -0.1) is 0 Å². The molecule has 3 N–H and O–H groups in total. The number of carboxylic acids is 1. The van der Waals surface area contributed by atoms with E-state index in [1.807, 2.05) is 31.2 Å². The molecule has 2 aromatic rings. The Labute approximate surface area is 110 Å². The molecule has 0 saturated carbocycles. The fourth-order valence-corrected chi connectivity index (χ4v) is 2.35. The number of hydrogen-bond donors (Lipinski definition) is 2. The van der Waals surface area contributed by atoms with Crippen molar-refractivity contribution in [3.05, 3.63) is 53.6 Å². The lowest BCUT2D eigenvalue weighted by Crippen LogP contribution is -1.98. The molecule has 0 heterocycles. The van der Waals surface area contributed by atoms with E-state index in [9.17, 15) is 4.79 Å². The average molecular weight is 259 g/mol. The summed E-state index contributed by atoms with van der Waals surface area (Å²) < 4.78 is 0. The molecule has 0 saturated heterocycles. The van der Waals surface area contributed by atoms with Gasteiger partial charge in [-0.05, 0) is 37.3 Å². The smallest absolute Gasteiger partial charge is 0.335 e. The maximum atomic E-state index is 10.8. The van der Waals surface area contributed by atoms with Crippen molar-refractivity contribution in [1.29, 1.82) is 0 Å². The molecule has 0 unspecified atom stereocenters. The molecule has 2 aromatic carbocycles. The molecule has 0 radical (unpaired) electrons. The van der Waals surface area contributed by atoms with Crippen LogP contribution >= 0.6 is 11.8 Å². The summed E-state index contributed by atoms with van der Waals surface area (Å²) in [5, 5.41) is 8.86. The van der Waals surface area contributed by atoms with E-state index in [1.54, 1.807) is 12.1 Å². The maximum Gasteiger partial charge on any atom is 0.335 e. The van der Waals surface area contributed by atoms with Crippen LogP contribution < -0.4 is 5.73 Å². The van der Waals surface area contributed by atoms with Gasteiger partial charge in [0.05, 0.1) is 5.56 Å². The molecule has 18 heavy (non-hydrogen) atoms. The first kappa shape index (κ1) is 12.5. The molecule has 3 nitrogen and oxygen atoms in total. The predicted octanol–water partition coefficient (Wildman–Crippen LogP) is 3.43. The number of nitrogens with two attached hydrogens (primary N) is 1. The first-order valence-corrected chi connectivity index (χ1v) is 6.25. The van der Waals surface area contributed by atoms with Gasteiger partial charge in [0, 0.05) is 15.5 Å². The Morgan fingerprint density at radius 3 is 2.39 bits per heavy atom. The molecule has 0 aliphatic rings. The van der Waals surface area contributed by atoms with Gasteiger partial charge in [-0.2, -0.15) is 0 Å². The highest BCUT2D eigenvalue weighted by atomic mass is 32.2. The lowest BCUT2D eigenvalue weighted by Gasteiger charge is -2.06. The van der Waals surface area contributed by atoms with E-state index < -0.39 is 5.97 Å². The minimum atomic E-state index is -0.964. The van der Waals surface area contributed by atoms with Crippen molar-refractivity contribution in [2.75, 3.05) is 5.73 Å². The van der Waals surface area contributed by atoms with Gasteiger partial charge >= 0.3 is 5.97 Å². The number of anilines is 1. The van der Waals surface area contributed by atoms with E-state index in [0.717, 1.165) is 9.79 Å². The summed E-state index contributed by atoms with van der Waals surface area (Å²) in [6.45, 7) is 2.03. The minimum absolute atomic E-state index is 0.209. The van der Waals surface area contributed by atoms with Crippen LogP contribution in [-0.4, -0.2) is 11.1 Å². The zero-order chi connectivity index (χ0) is 13.1. The van der Waals surface area contributed by atoms with Crippen molar-refractivity contribution in [3.63, 3.8) is 0 Å². The second-order valence-corrected chi connectivity index (χ2v) is 5.09. The Bertz CT molecular complexity index is 579. The zero-order valence-electron chi connectivity index (χ0n) is 9.88. The molecule has 0 atom stereocenters. The van der Waals surface area contributed by atoms with Gasteiger partial charge in [0.25, 0.3) is 0 Å². The number of carbonyl (C=O) groups is 1. The molecular weight excluding hydrogens is 246 g/mol. The fraction of sp³-hybridized carbons (Fsp3) is 0.0714. The van der Waals surface area contributed by atoms with Crippen LogP contribution in [0.15, 0.2) is 52.3 Å². The molecule has 0 aliphatic heterocycles. The Morgan fingerprint density at radius 1 is 1.17 bits per heavy atom. The number of carboxylic acid groups (broad SMARTS) is 1. The third-order valence-electron chi connectivity index (χ3n) is 2.51. The number of rotatable bonds is 3. The second kappa shape index (κ2) is 5.14. The van der Waals surface area contributed by atoms with E-state index in [-0.39, 0.29) is 5.56 Å². The quantitative estimate of drug-likeness (QED) is 0.829. The molecule has 4 heteroatoms. The SMILES string of the molecule is Cc1ccc(Sc2ccc(C(=O)O)cc2N)cc1. The van der Waals surface area contributed by atoms with E-state index >= 15 is 0 Å². The van der Waals surface area contributed by atoms with Crippen LogP contribution in [0.2, 0.25) is 0 Å². The average Bonchev–Trinajstić information content (AvgIpc) is 2.34.